The molecular formula is C30H30N4O4S. The largest absolute Gasteiger partial charge is 0.497 e. The number of ether oxygens (including phenoxy) is 1. The minimum atomic E-state index is -0.941. The van der Waals surface area contributed by atoms with Crippen molar-refractivity contribution in [1.82, 2.24) is 9.88 Å². The molecule has 0 aliphatic carbocycles. The molecule has 0 saturated carbocycles. The number of methoxy groups -OCH3 is 1. The second-order valence-electron chi connectivity index (χ2n) is 9.65. The van der Waals surface area contributed by atoms with Crippen molar-refractivity contribution in [3.05, 3.63) is 83.6 Å². The van der Waals surface area contributed by atoms with Crippen LogP contribution in [0.4, 0.5) is 5.69 Å². The summed E-state index contributed by atoms with van der Waals surface area (Å²) in [6.07, 6.45) is 0.646. The van der Waals surface area contributed by atoms with Gasteiger partial charge in [0.05, 0.1) is 30.5 Å². The third-order valence-electron chi connectivity index (χ3n) is 6.33. The van der Waals surface area contributed by atoms with Crippen molar-refractivity contribution in [3.8, 4) is 11.8 Å². The van der Waals surface area contributed by atoms with E-state index in [0.717, 1.165) is 22.6 Å². The summed E-state index contributed by atoms with van der Waals surface area (Å²) in [5.74, 6) is -0.162. The molecule has 0 bridgehead atoms. The number of carbonyl (C=O) groups is 3. The third-order valence-corrected chi connectivity index (χ3v) is 7.31. The van der Waals surface area contributed by atoms with Gasteiger partial charge in [0, 0.05) is 12.2 Å². The maximum atomic E-state index is 13.6. The standard InChI is InChI=1S/C30H30N4O4S/c1-20(2)15-23-10-9-22(17-31)29(32-23)39-19-28(36)33(18-21-7-5-4-6-8-21)26-16-27(35)34(30(26)37)24-11-13-25(38-3)14-12-24/h4-14,20,26H,15-16,18-19H2,1-3H3. The van der Waals surface area contributed by atoms with Gasteiger partial charge in [0.25, 0.3) is 5.91 Å². The summed E-state index contributed by atoms with van der Waals surface area (Å²) in [4.78, 5) is 47.4. The van der Waals surface area contributed by atoms with Gasteiger partial charge in [-0.15, -0.1) is 0 Å². The Labute approximate surface area is 232 Å². The van der Waals surface area contributed by atoms with Gasteiger partial charge in [-0.25, -0.2) is 9.88 Å². The summed E-state index contributed by atoms with van der Waals surface area (Å²) in [6.45, 7) is 4.35. The molecule has 3 amide bonds. The number of rotatable bonds is 10. The van der Waals surface area contributed by atoms with Crippen molar-refractivity contribution < 1.29 is 19.1 Å². The van der Waals surface area contributed by atoms with Crippen LogP contribution in [0, 0.1) is 17.2 Å². The van der Waals surface area contributed by atoms with Gasteiger partial charge in [-0.1, -0.05) is 55.9 Å². The zero-order valence-electron chi connectivity index (χ0n) is 22.2. The Kier molecular flexibility index (Phi) is 8.99. The highest BCUT2D eigenvalue weighted by atomic mass is 32.2. The minimum absolute atomic E-state index is 0.0276. The molecule has 9 heteroatoms. The Morgan fingerprint density at radius 1 is 1.13 bits per heavy atom. The summed E-state index contributed by atoms with van der Waals surface area (Å²) < 4.78 is 5.18. The zero-order chi connectivity index (χ0) is 27.9. The third kappa shape index (κ3) is 6.65. The first-order chi connectivity index (χ1) is 18.8. The fraction of sp³-hybridized carbons (Fsp3) is 0.300. The molecule has 39 heavy (non-hydrogen) atoms. The highest BCUT2D eigenvalue weighted by Gasteiger charge is 2.44. The molecule has 1 saturated heterocycles. The second kappa shape index (κ2) is 12.6. The van der Waals surface area contributed by atoms with Crippen molar-refractivity contribution in [3.63, 3.8) is 0 Å². The molecule has 0 spiro atoms. The number of hydrogen-bond acceptors (Lipinski definition) is 7. The average molecular weight is 543 g/mol. The van der Waals surface area contributed by atoms with E-state index < -0.39 is 11.9 Å². The number of pyridine rings is 1. The summed E-state index contributed by atoms with van der Waals surface area (Å²) in [5, 5.41) is 10.1. The number of anilines is 1. The molecule has 1 fully saturated rings. The van der Waals surface area contributed by atoms with Gasteiger partial charge in [-0.3, -0.25) is 14.4 Å². The molecular weight excluding hydrogens is 512 g/mol. The molecule has 1 aliphatic rings. The molecule has 3 aromatic rings. The summed E-state index contributed by atoms with van der Waals surface area (Å²) in [5.41, 5.74) is 2.52. The first-order valence-electron chi connectivity index (χ1n) is 12.7. The van der Waals surface area contributed by atoms with Crippen LogP contribution in [0.2, 0.25) is 0 Å². The normalized spacial score (nSPS) is 14.9. The maximum absolute atomic E-state index is 13.6. The molecule has 200 valence electrons. The predicted octanol–water partition coefficient (Wildman–Crippen LogP) is 4.61. The quantitative estimate of drug-likeness (QED) is 0.272. The topological polar surface area (TPSA) is 104 Å². The Morgan fingerprint density at radius 3 is 2.49 bits per heavy atom. The van der Waals surface area contributed by atoms with Crippen molar-refractivity contribution >= 4 is 35.2 Å². The number of amides is 3. The number of hydrogen-bond donors (Lipinski definition) is 0. The first-order valence-corrected chi connectivity index (χ1v) is 13.7. The van der Waals surface area contributed by atoms with Gasteiger partial charge in [0.2, 0.25) is 11.8 Å². The van der Waals surface area contributed by atoms with Crippen LogP contribution in [0.25, 0.3) is 0 Å². The van der Waals surface area contributed by atoms with E-state index in [9.17, 15) is 19.6 Å². The van der Waals surface area contributed by atoms with E-state index in [1.54, 1.807) is 30.3 Å². The van der Waals surface area contributed by atoms with Crippen molar-refractivity contribution in [2.45, 2.75) is 44.3 Å². The number of aromatic nitrogens is 1. The van der Waals surface area contributed by atoms with Crippen LogP contribution in [0.5, 0.6) is 5.75 Å². The summed E-state index contributed by atoms with van der Waals surface area (Å²) in [7, 11) is 1.54. The maximum Gasteiger partial charge on any atom is 0.257 e. The Bertz CT molecular complexity index is 1390. The number of nitrogens with zero attached hydrogens (tertiary/aromatic N) is 4. The van der Waals surface area contributed by atoms with E-state index in [2.05, 4.69) is 24.9 Å². The van der Waals surface area contributed by atoms with Gasteiger partial charge < -0.3 is 9.64 Å². The zero-order valence-corrected chi connectivity index (χ0v) is 23.0. The Balaban J connectivity index is 1.58. The van der Waals surface area contributed by atoms with E-state index in [-0.39, 0.29) is 30.5 Å². The van der Waals surface area contributed by atoms with Crippen molar-refractivity contribution in [1.29, 1.82) is 5.26 Å². The molecule has 0 N–H and O–H groups in total. The molecule has 1 aliphatic heterocycles. The molecule has 2 aromatic carbocycles. The van der Waals surface area contributed by atoms with Crippen LogP contribution in [0.15, 0.2) is 71.8 Å². The second-order valence-corrected chi connectivity index (χ2v) is 10.6. The SMILES string of the molecule is COc1ccc(N2C(=O)CC(N(Cc3ccccc3)C(=O)CSc3nc(CC(C)C)ccc3C#N)C2=O)cc1. The molecule has 1 aromatic heterocycles. The minimum Gasteiger partial charge on any atom is -0.497 e. The molecule has 1 atom stereocenters. The lowest BCUT2D eigenvalue weighted by atomic mass is 10.1. The molecule has 4 rings (SSSR count). The predicted molar refractivity (Wildman–Crippen MR) is 149 cm³/mol. The number of imide groups is 1. The lowest BCUT2D eigenvalue weighted by Gasteiger charge is -2.28. The summed E-state index contributed by atoms with van der Waals surface area (Å²) >= 11 is 1.17. The number of carbonyl (C=O) groups excluding carboxylic acids is 3. The van der Waals surface area contributed by atoms with E-state index in [4.69, 9.17) is 4.74 Å². The lowest BCUT2D eigenvalue weighted by molar-refractivity contribution is -0.136. The van der Waals surface area contributed by atoms with E-state index in [1.165, 1.54) is 23.8 Å². The fourth-order valence-corrected chi connectivity index (χ4v) is 5.31. The van der Waals surface area contributed by atoms with E-state index in [1.807, 2.05) is 36.4 Å². The smallest absolute Gasteiger partial charge is 0.257 e. The van der Waals surface area contributed by atoms with Gasteiger partial charge in [0.15, 0.2) is 0 Å². The summed E-state index contributed by atoms with van der Waals surface area (Å²) in [6, 6.07) is 20.8. The number of benzene rings is 2. The highest BCUT2D eigenvalue weighted by Crippen LogP contribution is 2.29. The van der Waals surface area contributed by atoms with Crippen LogP contribution < -0.4 is 9.64 Å². The van der Waals surface area contributed by atoms with E-state index in [0.29, 0.717) is 27.9 Å². The van der Waals surface area contributed by atoms with Gasteiger partial charge in [-0.05, 0) is 54.3 Å². The fourth-order valence-electron chi connectivity index (χ4n) is 4.43. The van der Waals surface area contributed by atoms with Gasteiger partial charge in [-0.2, -0.15) is 5.26 Å². The number of nitriles is 1. The Hall–Kier alpha value is -4.16. The van der Waals surface area contributed by atoms with Crippen LogP contribution in [-0.4, -0.2) is 46.5 Å². The number of thioether (sulfide) groups is 1. The molecule has 8 nitrogen and oxygen atoms in total. The van der Waals surface area contributed by atoms with Crippen LogP contribution in [0.3, 0.4) is 0 Å². The highest BCUT2D eigenvalue weighted by molar-refractivity contribution is 8.00. The van der Waals surface area contributed by atoms with E-state index >= 15 is 0 Å². The monoisotopic (exact) mass is 542 g/mol. The van der Waals surface area contributed by atoms with Gasteiger partial charge >= 0.3 is 0 Å². The Morgan fingerprint density at radius 2 is 1.85 bits per heavy atom. The average Bonchev–Trinajstić information content (AvgIpc) is 3.23. The van der Waals surface area contributed by atoms with Gasteiger partial charge in [0.1, 0.15) is 22.9 Å². The lowest BCUT2D eigenvalue weighted by Crippen LogP contribution is -2.45. The molecule has 2 heterocycles. The van der Waals surface area contributed by atoms with Crippen molar-refractivity contribution in [2.75, 3.05) is 17.8 Å². The molecule has 0 radical (unpaired) electrons. The van der Waals surface area contributed by atoms with Crippen LogP contribution in [0.1, 0.15) is 37.1 Å². The van der Waals surface area contributed by atoms with Crippen molar-refractivity contribution in [2.24, 2.45) is 5.92 Å². The first kappa shape index (κ1) is 27.9. The van der Waals surface area contributed by atoms with Crippen LogP contribution >= 0.6 is 11.8 Å². The van der Waals surface area contributed by atoms with Crippen LogP contribution in [-0.2, 0) is 27.3 Å². The molecule has 1 unspecified atom stereocenters.